The number of piperidine rings is 1. The minimum absolute atomic E-state index is 0.310. The Kier molecular flexibility index (Phi) is 6.77. The molecule has 0 unspecified atom stereocenters. The smallest absolute Gasteiger partial charge is 0.245 e. The van der Waals surface area contributed by atoms with E-state index in [1.165, 1.54) is 12.1 Å². The van der Waals surface area contributed by atoms with Gasteiger partial charge < -0.3 is 19.9 Å². The number of halogens is 1. The van der Waals surface area contributed by atoms with Crippen molar-refractivity contribution in [3.05, 3.63) is 66.9 Å². The molecule has 9 nitrogen and oxygen atoms in total. The van der Waals surface area contributed by atoms with Crippen LogP contribution in [0, 0.1) is 5.82 Å². The van der Waals surface area contributed by atoms with Gasteiger partial charge in [0.1, 0.15) is 12.1 Å². The molecular formula is C26H29FN8O. The van der Waals surface area contributed by atoms with E-state index in [-0.39, 0.29) is 5.82 Å². The molecule has 4 aromatic rings. The molecule has 0 amide bonds. The zero-order valence-corrected chi connectivity index (χ0v) is 20.6. The van der Waals surface area contributed by atoms with E-state index in [9.17, 15) is 4.39 Å². The number of nitrogens with zero attached hydrogens (tertiary/aromatic N) is 7. The summed E-state index contributed by atoms with van der Waals surface area (Å²) in [6.07, 6.45) is 5.66. The van der Waals surface area contributed by atoms with Gasteiger partial charge >= 0.3 is 0 Å². The Morgan fingerprint density at radius 1 is 1.03 bits per heavy atom. The van der Waals surface area contributed by atoms with Gasteiger partial charge in [0, 0.05) is 57.4 Å². The second-order valence-electron chi connectivity index (χ2n) is 8.94. The number of aromatic nitrogens is 5. The summed E-state index contributed by atoms with van der Waals surface area (Å²) >= 11 is 0. The summed E-state index contributed by atoms with van der Waals surface area (Å²) in [5.74, 6) is 0.848. The average molecular weight is 489 g/mol. The van der Waals surface area contributed by atoms with Gasteiger partial charge in [0.25, 0.3) is 0 Å². The summed E-state index contributed by atoms with van der Waals surface area (Å²) in [5, 5.41) is 7.87. The summed E-state index contributed by atoms with van der Waals surface area (Å²) in [5.41, 5.74) is 3.82. The highest BCUT2D eigenvalue weighted by Crippen LogP contribution is 2.26. The molecule has 5 rings (SSSR count). The van der Waals surface area contributed by atoms with Crippen molar-refractivity contribution in [3.8, 4) is 16.9 Å². The molecule has 1 N–H and O–H groups in total. The van der Waals surface area contributed by atoms with Crippen molar-refractivity contribution < 1.29 is 9.13 Å². The van der Waals surface area contributed by atoms with Crippen LogP contribution < -0.4 is 15.1 Å². The van der Waals surface area contributed by atoms with Gasteiger partial charge in [-0.2, -0.15) is 4.98 Å². The number of rotatable bonds is 7. The van der Waals surface area contributed by atoms with Gasteiger partial charge in [-0.1, -0.05) is 0 Å². The number of hydrogen-bond donors (Lipinski definition) is 1. The van der Waals surface area contributed by atoms with Crippen molar-refractivity contribution >= 4 is 23.3 Å². The highest BCUT2D eigenvalue weighted by Gasteiger charge is 2.21. The van der Waals surface area contributed by atoms with Crippen LogP contribution in [0.1, 0.15) is 12.8 Å². The van der Waals surface area contributed by atoms with Crippen LogP contribution in [0.4, 0.5) is 27.7 Å². The molecule has 2 aromatic carbocycles. The van der Waals surface area contributed by atoms with E-state index in [1.807, 2.05) is 49.3 Å². The molecule has 1 aliphatic heterocycles. The van der Waals surface area contributed by atoms with Gasteiger partial charge in [0.15, 0.2) is 0 Å². The number of methoxy groups -OCH3 is 1. The summed E-state index contributed by atoms with van der Waals surface area (Å²) in [6.45, 7) is 1.77. The Morgan fingerprint density at radius 2 is 1.81 bits per heavy atom. The van der Waals surface area contributed by atoms with Crippen LogP contribution in [-0.4, -0.2) is 65.1 Å². The molecule has 2 aromatic heterocycles. The quantitative estimate of drug-likeness (QED) is 0.413. The molecule has 1 saturated heterocycles. The fourth-order valence-electron chi connectivity index (χ4n) is 4.20. The molecule has 1 aliphatic rings. The van der Waals surface area contributed by atoms with E-state index in [4.69, 9.17) is 4.74 Å². The largest absolute Gasteiger partial charge is 0.381 e. The van der Waals surface area contributed by atoms with Gasteiger partial charge in [-0.05, 0) is 61.4 Å². The van der Waals surface area contributed by atoms with Crippen molar-refractivity contribution in [2.24, 2.45) is 0 Å². The van der Waals surface area contributed by atoms with E-state index >= 15 is 0 Å². The van der Waals surface area contributed by atoms with Crippen LogP contribution in [0.15, 0.2) is 61.1 Å². The molecule has 0 saturated carbocycles. The van der Waals surface area contributed by atoms with Gasteiger partial charge in [-0.25, -0.2) is 19.0 Å². The van der Waals surface area contributed by atoms with Crippen LogP contribution >= 0.6 is 0 Å². The van der Waals surface area contributed by atoms with Gasteiger partial charge in [0.2, 0.25) is 11.9 Å². The minimum Gasteiger partial charge on any atom is -0.381 e. The molecule has 3 heterocycles. The third kappa shape index (κ3) is 5.28. The number of nitrogens with one attached hydrogen (secondary N) is 1. The number of anilines is 4. The van der Waals surface area contributed by atoms with E-state index in [0.717, 1.165) is 48.9 Å². The lowest BCUT2D eigenvalue weighted by atomic mass is 10.1. The van der Waals surface area contributed by atoms with Crippen molar-refractivity contribution in [2.75, 3.05) is 49.4 Å². The lowest BCUT2D eigenvalue weighted by Crippen LogP contribution is -2.37. The second kappa shape index (κ2) is 10.3. The van der Waals surface area contributed by atoms with Crippen LogP contribution in [-0.2, 0) is 4.74 Å². The van der Waals surface area contributed by atoms with Crippen molar-refractivity contribution in [3.63, 3.8) is 0 Å². The van der Waals surface area contributed by atoms with Crippen molar-refractivity contribution in [1.82, 2.24) is 24.7 Å². The number of benzene rings is 2. The fourth-order valence-corrected chi connectivity index (χ4v) is 4.20. The highest BCUT2D eigenvalue weighted by atomic mass is 19.1. The van der Waals surface area contributed by atoms with Gasteiger partial charge in [-0.3, -0.25) is 0 Å². The Bertz CT molecular complexity index is 1320. The molecule has 0 radical (unpaired) electrons. The molecule has 0 aliphatic carbocycles. The summed E-state index contributed by atoms with van der Waals surface area (Å²) in [6, 6.07) is 14.4. The molecule has 186 valence electrons. The first-order valence-electron chi connectivity index (χ1n) is 11.9. The lowest BCUT2D eigenvalue weighted by Gasteiger charge is -2.30. The van der Waals surface area contributed by atoms with E-state index in [1.54, 1.807) is 30.4 Å². The van der Waals surface area contributed by atoms with Crippen LogP contribution in [0.3, 0.4) is 0 Å². The third-order valence-corrected chi connectivity index (χ3v) is 6.28. The number of hydrogen-bond acceptors (Lipinski definition) is 8. The Morgan fingerprint density at radius 3 is 2.53 bits per heavy atom. The highest BCUT2D eigenvalue weighted by molar-refractivity contribution is 5.67. The Hall–Kier alpha value is -4.05. The molecule has 0 bridgehead atoms. The normalized spacial score (nSPS) is 14.2. The second-order valence-corrected chi connectivity index (χ2v) is 8.94. The Balaban J connectivity index is 1.28. The average Bonchev–Trinajstić information content (AvgIpc) is 3.39. The monoisotopic (exact) mass is 488 g/mol. The van der Waals surface area contributed by atoms with Gasteiger partial charge in [0.05, 0.1) is 17.5 Å². The maximum atomic E-state index is 14.1. The molecular weight excluding hydrogens is 459 g/mol. The summed E-state index contributed by atoms with van der Waals surface area (Å²) in [4.78, 5) is 17.4. The first-order valence-corrected chi connectivity index (χ1v) is 11.9. The molecule has 1 fully saturated rings. The summed E-state index contributed by atoms with van der Waals surface area (Å²) in [7, 11) is 5.51. The van der Waals surface area contributed by atoms with Crippen LogP contribution in [0.5, 0.6) is 0 Å². The standard InChI is InChI=1S/C26H29FN8O/c1-33(2)22-15-18(14-19(27)16-22)24-8-11-28-25(31-24)30-20-4-6-21(7-5-20)35-17-29-26(32-35)34-12-9-23(36-3)10-13-34/h4-8,11,14-17,23H,9-10,12-13H2,1-3H3,(H,28,30,31). The van der Waals surface area contributed by atoms with Crippen molar-refractivity contribution in [1.29, 1.82) is 0 Å². The van der Waals surface area contributed by atoms with E-state index in [0.29, 0.717) is 23.3 Å². The van der Waals surface area contributed by atoms with Crippen LogP contribution in [0.2, 0.25) is 0 Å². The predicted octanol–water partition coefficient (Wildman–Crippen LogP) is 4.29. The maximum absolute atomic E-state index is 14.1. The Labute approximate surface area is 209 Å². The molecule has 10 heteroatoms. The SMILES string of the molecule is COC1CCN(c2ncn(-c3ccc(Nc4nccc(-c5cc(F)cc(N(C)C)c5)n4)cc3)n2)CC1. The maximum Gasteiger partial charge on any atom is 0.245 e. The third-order valence-electron chi connectivity index (χ3n) is 6.28. The first-order chi connectivity index (χ1) is 17.5. The zero-order valence-electron chi connectivity index (χ0n) is 20.6. The van der Waals surface area contributed by atoms with E-state index < -0.39 is 0 Å². The molecule has 0 atom stereocenters. The minimum atomic E-state index is -0.310. The van der Waals surface area contributed by atoms with Crippen molar-refractivity contribution in [2.45, 2.75) is 18.9 Å². The van der Waals surface area contributed by atoms with Gasteiger partial charge in [-0.15, -0.1) is 5.10 Å². The molecule has 0 spiro atoms. The topological polar surface area (TPSA) is 84.2 Å². The van der Waals surface area contributed by atoms with Crippen LogP contribution in [0.25, 0.3) is 16.9 Å². The molecule has 36 heavy (non-hydrogen) atoms. The lowest BCUT2D eigenvalue weighted by molar-refractivity contribution is 0.0816. The van der Waals surface area contributed by atoms with E-state index in [2.05, 4.69) is 30.3 Å². The number of ether oxygens (including phenoxy) is 1. The zero-order chi connectivity index (χ0) is 25.1. The predicted molar refractivity (Wildman–Crippen MR) is 139 cm³/mol. The fraction of sp³-hybridized carbons (Fsp3) is 0.308. The summed E-state index contributed by atoms with van der Waals surface area (Å²) < 4.78 is 21.3. The first kappa shape index (κ1) is 23.7.